The van der Waals surface area contributed by atoms with E-state index in [1.807, 2.05) is 0 Å². The summed E-state index contributed by atoms with van der Waals surface area (Å²) in [6.45, 7) is 0. The van der Waals surface area contributed by atoms with Crippen LogP contribution in [0.25, 0.3) is 0 Å². The molecule has 0 aliphatic heterocycles. The molecule has 0 aromatic rings. The molecule has 0 unspecified atom stereocenters. The highest BCUT2D eigenvalue weighted by atomic mass is 16.5. The van der Waals surface area contributed by atoms with Crippen molar-refractivity contribution >= 4 is 5.97 Å². The van der Waals surface area contributed by atoms with E-state index in [-0.39, 0.29) is 6.42 Å². The smallest absolute Gasteiger partial charge is 0.307 e. The molecule has 0 aliphatic rings. The normalized spacial score (nSPS) is 9.62. The number of carbonyl (C=O) groups is 1. The van der Waals surface area contributed by atoms with Crippen molar-refractivity contribution in [3.8, 4) is 0 Å². The van der Waals surface area contributed by atoms with Gasteiger partial charge in [0, 0.05) is 0 Å². The van der Waals surface area contributed by atoms with Crippen LogP contribution < -0.4 is 0 Å². The molecule has 0 aromatic heterocycles. The Morgan fingerprint density at radius 2 is 2.50 bits per heavy atom. The molecule has 0 spiro atoms. The summed E-state index contributed by atoms with van der Waals surface area (Å²) in [4.78, 5) is 9.77. The molecule has 0 aromatic carbocycles. The molecule has 3 nitrogen and oxygen atoms in total. The zero-order chi connectivity index (χ0) is 6.41. The number of hydrogen-bond donors (Lipinski definition) is 1. The molecule has 0 fully saturated rings. The molecule has 1 N–H and O–H groups in total. The van der Waals surface area contributed by atoms with E-state index in [9.17, 15) is 4.79 Å². The van der Waals surface area contributed by atoms with Gasteiger partial charge in [-0.05, 0) is 6.08 Å². The first-order valence-electron chi connectivity index (χ1n) is 2.17. The Kier molecular flexibility index (Phi) is 3.66. The van der Waals surface area contributed by atoms with Crippen molar-refractivity contribution in [2.24, 2.45) is 0 Å². The van der Waals surface area contributed by atoms with Gasteiger partial charge in [-0.1, -0.05) is 0 Å². The number of hydrogen-bond acceptors (Lipinski definition) is 2. The lowest BCUT2D eigenvalue weighted by Crippen LogP contribution is -1.89. The number of rotatable bonds is 3. The van der Waals surface area contributed by atoms with Crippen molar-refractivity contribution in [3.63, 3.8) is 0 Å². The summed E-state index contributed by atoms with van der Waals surface area (Å²) in [6.07, 6.45) is 2.80. The largest absolute Gasteiger partial charge is 0.505 e. The lowest BCUT2D eigenvalue weighted by molar-refractivity contribution is -0.136. The summed E-state index contributed by atoms with van der Waals surface area (Å²) in [5.41, 5.74) is 0. The van der Waals surface area contributed by atoms with Crippen LogP contribution in [-0.2, 0) is 9.53 Å². The van der Waals surface area contributed by atoms with Crippen LogP contribution in [0.4, 0.5) is 0 Å². The Labute approximate surface area is 47.6 Å². The lowest BCUT2D eigenvalue weighted by atomic mass is 10.4. The predicted molar refractivity (Wildman–Crippen MR) is 28.4 cm³/mol. The van der Waals surface area contributed by atoms with Crippen molar-refractivity contribution in [2.45, 2.75) is 6.42 Å². The van der Waals surface area contributed by atoms with Crippen LogP contribution in [0.15, 0.2) is 12.3 Å². The number of ether oxygens (including phenoxy) is 1. The van der Waals surface area contributed by atoms with Crippen molar-refractivity contribution in [1.29, 1.82) is 0 Å². The Bertz CT molecular complexity index is 95.8. The SMILES string of the molecule is CO/C=C/CC(=O)O. The van der Waals surface area contributed by atoms with E-state index in [2.05, 4.69) is 4.74 Å². The van der Waals surface area contributed by atoms with Crippen LogP contribution in [0.3, 0.4) is 0 Å². The predicted octanol–water partition coefficient (Wildman–Crippen LogP) is 0.621. The maximum atomic E-state index is 9.77. The molecule has 3 heteroatoms. The topological polar surface area (TPSA) is 46.5 Å². The highest BCUT2D eigenvalue weighted by Gasteiger charge is 1.86. The molecule has 0 radical (unpaired) electrons. The maximum absolute atomic E-state index is 9.77. The van der Waals surface area contributed by atoms with E-state index < -0.39 is 5.97 Å². The zero-order valence-corrected chi connectivity index (χ0v) is 4.63. The molecule has 0 rings (SSSR count). The molecule has 8 heavy (non-hydrogen) atoms. The van der Waals surface area contributed by atoms with Gasteiger partial charge in [-0.25, -0.2) is 0 Å². The third-order valence-corrected chi connectivity index (χ3v) is 0.525. The van der Waals surface area contributed by atoms with E-state index in [0.29, 0.717) is 0 Å². The average molecular weight is 116 g/mol. The van der Waals surface area contributed by atoms with Gasteiger partial charge in [-0.15, -0.1) is 0 Å². The number of carboxylic acid groups (broad SMARTS) is 1. The fourth-order valence-corrected chi connectivity index (χ4v) is 0.245. The third-order valence-electron chi connectivity index (χ3n) is 0.525. The number of aliphatic carboxylic acids is 1. The lowest BCUT2D eigenvalue weighted by Gasteiger charge is -1.83. The maximum Gasteiger partial charge on any atom is 0.307 e. The molecule has 0 atom stereocenters. The van der Waals surface area contributed by atoms with Crippen molar-refractivity contribution in [3.05, 3.63) is 12.3 Å². The fraction of sp³-hybridized carbons (Fsp3) is 0.400. The molecular formula is C5H8O3. The van der Waals surface area contributed by atoms with E-state index >= 15 is 0 Å². The summed E-state index contributed by atoms with van der Waals surface area (Å²) in [5, 5.41) is 8.03. The molecule has 0 saturated carbocycles. The van der Waals surface area contributed by atoms with Crippen molar-refractivity contribution < 1.29 is 14.6 Å². The molecule has 0 bridgehead atoms. The quantitative estimate of drug-likeness (QED) is 0.550. The van der Waals surface area contributed by atoms with E-state index in [1.54, 1.807) is 0 Å². The first kappa shape index (κ1) is 7.01. The Morgan fingerprint density at radius 1 is 1.88 bits per heavy atom. The first-order chi connectivity index (χ1) is 3.77. The molecule has 0 aliphatic carbocycles. The summed E-state index contributed by atoms with van der Waals surface area (Å²) < 4.78 is 4.45. The van der Waals surface area contributed by atoms with Gasteiger partial charge in [0.25, 0.3) is 0 Å². The van der Waals surface area contributed by atoms with Crippen LogP contribution >= 0.6 is 0 Å². The van der Waals surface area contributed by atoms with Crippen LogP contribution in [0.5, 0.6) is 0 Å². The second-order valence-electron chi connectivity index (χ2n) is 1.21. The van der Waals surface area contributed by atoms with Gasteiger partial charge < -0.3 is 9.84 Å². The zero-order valence-electron chi connectivity index (χ0n) is 4.63. The average Bonchev–Trinajstić information content (AvgIpc) is 1.66. The van der Waals surface area contributed by atoms with Crippen molar-refractivity contribution in [2.75, 3.05) is 7.11 Å². The summed E-state index contributed by atoms with van der Waals surface area (Å²) in [5.74, 6) is -0.849. The Hall–Kier alpha value is -0.990. The Balaban J connectivity index is 3.16. The van der Waals surface area contributed by atoms with Gasteiger partial charge in [-0.3, -0.25) is 4.79 Å². The van der Waals surface area contributed by atoms with Crippen LogP contribution in [0.2, 0.25) is 0 Å². The summed E-state index contributed by atoms with van der Waals surface area (Å²) in [7, 11) is 1.47. The van der Waals surface area contributed by atoms with E-state index in [1.165, 1.54) is 19.4 Å². The van der Waals surface area contributed by atoms with Gasteiger partial charge in [0.15, 0.2) is 0 Å². The highest BCUT2D eigenvalue weighted by molar-refractivity contribution is 5.68. The minimum atomic E-state index is -0.849. The monoisotopic (exact) mass is 116 g/mol. The molecule has 46 valence electrons. The van der Waals surface area contributed by atoms with Crippen LogP contribution in [0.1, 0.15) is 6.42 Å². The minimum Gasteiger partial charge on any atom is -0.505 e. The van der Waals surface area contributed by atoms with Gasteiger partial charge >= 0.3 is 5.97 Å². The standard InChI is InChI=1S/C5H8O3/c1-8-4-2-3-5(6)7/h2,4H,3H2,1H3,(H,6,7)/b4-2+. The summed E-state index contributed by atoms with van der Waals surface area (Å²) >= 11 is 0. The highest BCUT2D eigenvalue weighted by Crippen LogP contribution is 1.80. The third kappa shape index (κ3) is 5.01. The van der Waals surface area contributed by atoms with E-state index in [0.717, 1.165) is 0 Å². The fourth-order valence-electron chi connectivity index (χ4n) is 0.245. The molecule has 0 amide bonds. The van der Waals surface area contributed by atoms with Gasteiger partial charge in [0.1, 0.15) is 0 Å². The second-order valence-corrected chi connectivity index (χ2v) is 1.21. The second kappa shape index (κ2) is 4.18. The Morgan fingerprint density at radius 3 is 2.88 bits per heavy atom. The van der Waals surface area contributed by atoms with Gasteiger partial charge in [-0.2, -0.15) is 0 Å². The molecule has 0 heterocycles. The van der Waals surface area contributed by atoms with Gasteiger partial charge in [0.2, 0.25) is 0 Å². The van der Waals surface area contributed by atoms with Crippen LogP contribution in [-0.4, -0.2) is 18.2 Å². The van der Waals surface area contributed by atoms with Crippen LogP contribution in [0, 0.1) is 0 Å². The number of carboxylic acids is 1. The molecule has 0 saturated heterocycles. The van der Waals surface area contributed by atoms with E-state index in [4.69, 9.17) is 5.11 Å². The van der Waals surface area contributed by atoms with Gasteiger partial charge in [0.05, 0.1) is 19.8 Å². The first-order valence-corrected chi connectivity index (χ1v) is 2.17. The number of methoxy groups -OCH3 is 1. The molecular weight excluding hydrogens is 108 g/mol. The van der Waals surface area contributed by atoms with Crippen molar-refractivity contribution in [1.82, 2.24) is 0 Å². The minimum absolute atomic E-state index is 0.0217. The summed E-state index contributed by atoms with van der Waals surface area (Å²) in [6, 6.07) is 0.